The van der Waals surface area contributed by atoms with E-state index in [0.717, 1.165) is 54.3 Å². The Morgan fingerprint density at radius 3 is 2.61 bits per heavy atom. The standard InChI is InChI=1S/C27H32N2O4/c1-19(2)25-23(28-26(33-25)21-8-5-4-6-9-21)15-17-32-22-13-11-20(12-14-22)18-29-16-7-10-24(29)27(30)31-3/h4-6,8-9,11-14,19,24H,7,10,15-18H2,1-3H3. The van der Waals surface area contributed by atoms with Gasteiger partial charge >= 0.3 is 5.97 Å². The fourth-order valence-corrected chi connectivity index (χ4v) is 4.31. The fourth-order valence-electron chi connectivity index (χ4n) is 4.31. The van der Waals surface area contributed by atoms with E-state index in [0.29, 0.717) is 18.9 Å². The third kappa shape index (κ3) is 5.63. The predicted molar refractivity (Wildman–Crippen MR) is 127 cm³/mol. The molecule has 0 bridgehead atoms. The molecule has 1 fully saturated rings. The minimum atomic E-state index is -0.142. The van der Waals surface area contributed by atoms with Crippen LogP contribution in [0.25, 0.3) is 11.5 Å². The zero-order valence-electron chi connectivity index (χ0n) is 19.6. The molecule has 2 aromatic carbocycles. The molecule has 1 atom stereocenters. The van der Waals surface area contributed by atoms with Crippen LogP contribution in [0.15, 0.2) is 59.0 Å². The lowest BCUT2D eigenvalue weighted by molar-refractivity contribution is -0.146. The van der Waals surface area contributed by atoms with Crippen LogP contribution in [-0.2, 0) is 22.5 Å². The summed E-state index contributed by atoms with van der Waals surface area (Å²) >= 11 is 0. The van der Waals surface area contributed by atoms with Crippen molar-refractivity contribution in [3.05, 3.63) is 71.6 Å². The van der Waals surface area contributed by atoms with Crippen molar-refractivity contribution in [2.45, 2.75) is 51.6 Å². The SMILES string of the molecule is COC(=O)C1CCCN1Cc1ccc(OCCc2nc(-c3ccccc3)oc2C(C)C)cc1. The molecule has 33 heavy (non-hydrogen) atoms. The molecule has 0 N–H and O–H groups in total. The molecule has 6 nitrogen and oxygen atoms in total. The molecule has 1 aliphatic rings. The summed E-state index contributed by atoms with van der Waals surface area (Å²) in [4.78, 5) is 18.9. The maximum atomic E-state index is 12.0. The molecule has 1 saturated heterocycles. The van der Waals surface area contributed by atoms with Crippen LogP contribution in [0, 0.1) is 0 Å². The number of methoxy groups -OCH3 is 1. The van der Waals surface area contributed by atoms with Crippen LogP contribution in [0.3, 0.4) is 0 Å². The molecule has 4 rings (SSSR count). The van der Waals surface area contributed by atoms with E-state index in [1.165, 1.54) is 7.11 Å². The second-order valence-corrected chi connectivity index (χ2v) is 8.74. The van der Waals surface area contributed by atoms with Crippen molar-refractivity contribution in [2.24, 2.45) is 0 Å². The summed E-state index contributed by atoms with van der Waals surface area (Å²) in [5, 5.41) is 0. The van der Waals surface area contributed by atoms with Crippen LogP contribution in [0.1, 0.15) is 49.6 Å². The zero-order chi connectivity index (χ0) is 23.2. The number of hydrogen-bond acceptors (Lipinski definition) is 6. The number of esters is 1. The van der Waals surface area contributed by atoms with E-state index in [1.54, 1.807) is 0 Å². The fraction of sp³-hybridized carbons (Fsp3) is 0.407. The van der Waals surface area contributed by atoms with Gasteiger partial charge in [0.15, 0.2) is 0 Å². The van der Waals surface area contributed by atoms with E-state index in [-0.39, 0.29) is 17.9 Å². The summed E-state index contributed by atoms with van der Waals surface area (Å²) in [6.07, 6.45) is 2.56. The van der Waals surface area contributed by atoms with Gasteiger partial charge < -0.3 is 13.9 Å². The van der Waals surface area contributed by atoms with Gasteiger partial charge in [0.1, 0.15) is 17.6 Å². The lowest BCUT2D eigenvalue weighted by Crippen LogP contribution is -2.36. The molecule has 2 heterocycles. The first kappa shape index (κ1) is 23.1. The molecule has 6 heteroatoms. The summed E-state index contributed by atoms with van der Waals surface area (Å²) < 4.78 is 17.0. The average Bonchev–Trinajstić information content (AvgIpc) is 3.48. The average molecular weight is 449 g/mol. The van der Waals surface area contributed by atoms with E-state index in [2.05, 4.69) is 30.9 Å². The van der Waals surface area contributed by atoms with Crippen LogP contribution in [0.2, 0.25) is 0 Å². The highest BCUT2D eigenvalue weighted by atomic mass is 16.5. The van der Waals surface area contributed by atoms with Crippen LogP contribution in [-0.4, -0.2) is 42.2 Å². The van der Waals surface area contributed by atoms with Crippen molar-refractivity contribution in [2.75, 3.05) is 20.3 Å². The van der Waals surface area contributed by atoms with Gasteiger partial charge in [0.05, 0.1) is 19.4 Å². The Hall–Kier alpha value is -3.12. The molecule has 0 spiro atoms. The smallest absolute Gasteiger partial charge is 0.323 e. The maximum Gasteiger partial charge on any atom is 0.323 e. The van der Waals surface area contributed by atoms with Crippen molar-refractivity contribution < 1.29 is 18.7 Å². The predicted octanol–water partition coefficient (Wildman–Crippen LogP) is 5.22. The number of aromatic nitrogens is 1. The van der Waals surface area contributed by atoms with Crippen molar-refractivity contribution in [3.8, 4) is 17.2 Å². The number of carbonyl (C=O) groups is 1. The van der Waals surface area contributed by atoms with Gasteiger partial charge in [-0.05, 0) is 49.2 Å². The molecule has 0 amide bonds. The van der Waals surface area contributed by atoms with Crippen LogP contribution in [0.5, 0.6) is 5.75 Å². The zero-order valence-corrected chi connectivity index (χ0v) is 19.6. The van der Waals surface area contributed by atoms with Gasteiger partial charge in [0.25, 0.3) is 0 Å². The molecular formula is C27H32N2O4. The van der Waals surface area contributed by atoms with Gasteiger partial charge in [0, 0.05) is 24.4 Å². The third-order valence-corrected chi connectivity index (χ3v) is 6.03. The molecular weight excluding hydrogens is 416 g/mol. The van der Waals surface area contributed by atoms with E-state index < -0.39 is 0 Å². The maximum absolute atomic E-state index is 12.0. The first-order valence-electron chi connectivity index (χ1n) is 11.6. The van der Waals surface area contributed by atoms with Gasteiger partial charge in [0.2, 0.25) is 5.89 Å². The quantitative estimate of drug-likeness (QED) is 0.418. The monoisotopic (exact) mass is 448 g/mol. The summed E-state index contributed by atoms with van der Waals surface area (Å²) in [5.41, 5.74) is 3.09. The van der Waals surface area contributed by atoms with Gasteiger partial charge in [-0.3, -0.25) is 9.69 Å². The molecule has 1 unspecified atom stereocenters. The second kappa shape index (κ2) is 10.7. The highest BCUT2D eigenvalue weighted by molar-refractivity contribution is 5.76. The Labute approximate surface area is 195 Å². The lowest BCUT2D eigenvalue weighted by Gasteiger charge is -2.22. The third-order valence-electron chi connectivity index (χ3n) is 6.03. The number of carbonyl (C=O) groups excluding carboxylic acids is 1. The van der Waals surface area contributed by atoms with Crippen molar-refractivity contribution >= 4 is 5.97 Å². The lowest BCUT2D eigenvalue weighted by atomic mass is 10.1. The summed E-state index contributed by atoms with van der Waals surface area (Å²) in [5.74, 6) is 2.51. The van der Waals surface area contributed by atoms with E-state index >= 15 is 0 Å². The summed E-state index contributed by atoms with van der Waals surface area (Å²) in [6.45, 7) is 6.40. The van der Waals surface area contributed by atoms with Gasteiger partial charge in [-0.25, -0.2) is 4.98 Å². The Bertz CT molecular complexity index is 1040. The van der Waals surface area contributed by atoms with Gasteiger partial charge in [-0.2, -0.15) is 0 Å². The molecule has 3 aromatic rings. The van der Waals surface area contributed by atoms with Crippen LogP contribution < -0.4 is 4.74 Å². The summed E-state index contributed by atoms with van der Waals surface area (Å²) in [6, 6.07) is 17.9. The largest absolute Gasteiger partial charge is 0.493 e. The topological polar surface area (TPSA) is 64.8 Å². The van der Waals surface area contributed by atoms with Crippen molar-refractivity contribution in [3.63, 3.8) is 0 Å². The number of oxazole rings is 1. The normalized spacial score (nSPS) is 16.3. The minimum absolute atomic E-state index is 0.135. The van der Waals surface area contributed by atoms with E-state index in [1.807, 2.05) is 42.5 Å². The Morgan fingerprint density at radius 1 is 1.15 bits per heavy atom. The Kier molecular flexibility index (Phi) is 7.45. The summed E-state index contributed by atoms with van der Waals surface area (Å²) in [7, 11) is 1.45. The van der Waals surface area contributed by atoms with Crippen molar-refractivity contribution in [1.82, 2.24) is 9.88 Å². The van der Waals surface area contributed by atoms with Crippen LogP contribution >= 0.6 is 0 Å². The highest BCUT2D eigenvalue weighted by Gasteiger charge is 2.31. The first-order valence-corrected chi connectivity index (χ1v) is 11.6. The van der Waals surface area contributed by atoms with Crippen molar-refractivity contribution in [1.29, 1.82) is 0 Å². The molecule has 0 radical (unpaired) electrons. The van der Waals surface area contributed by atoms with E-state index in [9.17, 15) is 4.79 Å². The Morgan fingerprint density at radius 2 is 1.91 bits per heavy atom. The van der Waals surface area contributed by atoms with Crippen LogP contribution in [0.4, 0.5) is 0 Å². The number of likely N-dealkylation sites (tertiary alicyclic amines) is 1. The molecule has 1 aliphatic heterocycles. The van der Waals surface area contributed by atoms with Gasteiger partial charge in [-0.15, -0.1) is 0 Å². The molecule has 1 aromatic heterocycles. The van der Waals surface area contributed by atoms with E-state index in [4.69, 9.17) is 18.9 Å². The Balaban J connectivity index is 1.34. The molecule has 0 saturated carbocycles. The molecule has 0 aliphatic carbocycles. The second-order valence-electron chi connectivity index (χ2n) is 8.74. The first-order chi connectivity index (χ1) is 16.0. The number of ether oxygens (including phenoxy) is 2. The number of rotatable bonds is 9. The number of benzene rings is 2. The van der Waals surface area contributed by atoms with Gasteiger partial charge in [-0.1, -0.05) is 44.2 Å². The number of nitrogens with zero attached hydrogens (tertiary/aromatic N) is 2. The highest BCUT2D eigenvalue weighted by Crippen LogP contribution is 2.27. The minimum Gasteiger partial charge on any atom is -0.493 e. The molecule has 174 valence electrons. The number of hydrogen-bond donors (Lipinski definition) is 0.